The Labute approximate surface area is 148 Å². The number of hydrogen-bond donors (Lipinski definition) is 2. The summed E-state index contributed by atoms with van der Waals surface area (Å²) in [6, 6.07) is 14.7. The van der Waals surface area contributed by atoms with Crippen molar-refractivity contribution in [1.82, 2.24) is 15.2 Å². The van der Waals surface area contributed by atoms with Gasteiger partial charge in [-0.25, -0.2) is 0 Å². The van der Waals surface area contributed by atoms with Gasteiger partial charge in [-0.1, -0.05) is 48.0 Å². The summed E-state index contributed by atoms with van der Waals surface area (Å²) in [6.07, 6.45) is 2.58. The lowest BCUT2D eigenvalue weighted by Crippen LogP contribution is -2.09. The van der Waals surface area contributed by atoms with E-state index >= 15 is 0 Å². The minimum Gasteiger partial charge on any atom is -0.368 e. The highest BCUT2D eigenvalue weighted by Gasteiger charge is 2.07. The third-order valence-corrected chi connectivity index (χ3v) is 4.04. The van der Waals surface area contributed by atoms with Gasteiger partial charge in [-0.05, 0) is 43.9 Å². The highest BCUT2D eigenvalue weighted by Crippen LogP contribution is 2.24. The predicted octanol–water partition coefficient (Wildman–Crippen LogP) is 4.20. The number of aryl methyl sites for hydroxylation is 3. The molecule has 0 aliphatic heterocycles. The molecule has 128 valence electrons. The first-order valence-corrected chi connectivity index (χ1v) is 8.44. The van der Waals surface area contributed by atoms with Crippen molar-refractivity contribution in [1.29, 1.82) is 0 Å². The van der Waals surface area contributed by atoms with Crippen LogP contribution >= 0.6 is 0 Å². The first kappa shape index (κ1) is 16.9. The van der Waals surface area contributed by atoms with Crippen molar-refractivity contribution in [2.75, 3.05) is 17.2 Å². The molecule has 0 unspecified atom stereocenters. The van der Waals surface area contributed by atoms with Crippen LogP contribution in [-0.4, -0.2) is 21.7 Å². The van der Waals surface area contributed by atoms with E-state index in [1.54, 1.807) is 6.20 Å². The van der Waals surface area contributed by atoms with Gasteiger partial charge in [0.2, 0.25) is 5.95 Å². The SMILES string of the molecule is Cc1cc(C)c(Nc2nncc(NCCc3ccccc3)n2)c(C)c1. The summed E-state index contributed by atoms with van der Waals surface area (Å²) >= 11 is 0. The van der Waals surface area contributed by atoms with Gasteiger partial charge in [0.1, 0.15) is 0 Å². The van der Waals surface area contributed by atoms with Gasteiger partial charge in [-0.15, -0.1) is 5.10 Å². The van der Waals surface area contributed by atoms with Gasteiger partial charge in [0.25, 0.3) is 0 Å². The second kappa shape index (κ2) is 7.75. The van der Waals surface area contributed by atoms with Crippen LogP contribution in [0.1, 0.15) is 22.3 Å². The summed E-state index contributed by atoms with van der Waals surface area (Å²) in [5.74, 6) is 1.22. The van der Waals surface area contributed by atoms with Crippen molar-refractivity contribution in [3.63, 3.8) is 0 Å². The Morgan fingerprint density at radius 3 is 2.40 bits per heavy atom. The lowest BCUT2D eigenvalue weighted by molar-refractivity contribution is 0.949. The fourth-order valence-corrected chi connectivity index (χ4v) is 2.91. The summed E-state index contributed by atoms with van der Waals surface area (Å²) in [4.78, 5) is 4.51. The zero-order valence-electron chi connectivity index (χ0n) is 14.9. The fourth-order valence-electron chi connectivity index (χ4n) is 2.91. The maximum atomic E-state index is 4.51. The second-order valence-electron chi connectivity index (χ2n) is 6.23. The topological polar surface area (TPSA) is 62.7 Å². The summed E-state index contributed by atoms with van der Waals surface area (Å²) in [7, 11) is 0. The Hall–Kier alpha value is -2.95. The molecule has 0 bridgehead atoms. The smallest absolute Gasteiger partial charge is 0.249 e. The minimum atomic E-state index is 0.500. The highest BCUT2D eigenvalue weighted by molar-refractivity contribution is 5.64. The molecule has 1 heterocycles. The first-order chi connectivity index (χ1) is 12.1. The molecule has 5 heteroatoms. The Morgan fingerprint density at radius 1 is 0.960 bits per heavy atom. The molecule has 0 spiro atoms. The number of rotatable bonds is 6. The van der Waals surface area contributed by atoms with Crippen molar-refractivity contribution in [2.45, 2.75) is 27.2 Å². The standard InChI is InChI=1S/C20H23N5/c1-14-11-15(2)19(16(3)12-14)24-20-23-18(13-22-25-20)21-10-9-17-7-5-4-6-8-17/h4-8,11-13H,9-10H2,1-3H3,(H2,21,23,24,25). The minimum absolute atomic E-state index is 0.500. The van der Waals surface area contributed by atoms with E-state index in [1.165, 1.54) is 22.3 Å². The second-order valence-corrected chi connectivity index (χ2v) is 6.23. The fraction of sp³-hybridized carbons (Fsp3) is 0.250. The predicted molar refractivity (Wildman–Crippen MR) is 102 cm³/mol. The molecule has 0 atom stereocenters. The molecule has 0 aliphatic carbocycles. The van der Waals surface area contributed by atoms with Crippen molar-refractivity contribution >= 4 is 17.5 Å². The molecule has 0 saturated heterocycles. The number of nitrogens with zero attached hydrogens (tertiary/aromatic N) is 3. The number of benzene rings is 2. The monoisotopic (exact) mass is 333 g/mol. The largest absolute Gasteiger partial charge is 0.368 e. The van der Waals surface area contributed by atoms with E-state index in [0.29, 0.717) is 5.95 Å². The molecule has 3 rings (SSSR count). The van der Waals surface area contributed by atoms with E-state index in [-0.39, 0.29) is 0 Å². The lowest BCUT2D eigenvalue weighted by atomic mass is 10.1. The molecule has 1 aromatic heterocycles. The van der Waals surface area contributed by atoms with Gasteiger partial charge in [0.15, 0.2) is 5.82 Å². The maximum absolute atomic E-state index is 4.51. The van der Waals surface area contributed by atoms with Gasteiger partial charge in [0, 0.05) is 12.2 Å². The molecule has 3 aromatic rings. The van der Waals surface area contributed by atoms with Gasteiger partial charge in [-0.2, -0.15) is 10.1 Å². The van der Waals surface area contributed by atoms with E-state index in [4.69, 9.17) is 0 Å². The van der Waals surface area contributed by atoms with Gasteiger partial charge in [-0.3, -0.25) is 0 Å². The van der Waals surface area contributed by atoms with Crippen LogP contribution in [0.15, 0.2) is 48.7 Å². The van der Waals surface area contributed by atoms with E-state index in [9.17, 15) is 0 Å². The third kappa shape index (κ3) is 4.53. The Balaban J connectivity index is 1.65. The van der Waals surface area contributed by atoms with Crippen LogP contribution in [0.5, 0.6) is 0 Å². The number of aromatic nitrogens is 3. The molecule has 5 nitrogen and oxygen atoms in total. The van der Waals surface area contributed by atoms with Crippen LogP contribution in [0.4, 0.5) is 17.5 Å². The Morgan fingerprint density at radius 2 is 1.68 bits per heavy atom. The number of nitrogens with one attached hydrogen (secondary N) is 2. The average molecular weight is 333 g/mol. The number of hydrogen-bond acceptors (Lipinski definition) is 5. The van der Waals surface area contributed by atoms with Crippen LogP contribution < -0.4 is 10.6 Å². The molecule has 2 N–H and O–H groups in total. The van der Waals surface area contributed by atoms with E-state index in [0.717, 1.165) is 24.5 Å². The zero-order valence-corrected chi connectivity index (χ0v) is 14.9. The zero-order chi connectivity index (χ0) is 17.6. The Kier molecular flexibility index (Phi) is 5.23. The molecular weight excluding hydrogens is 310 g/mol. The van der Waals surface area contributed by atoms with Gasteiger partial charge in [0.05, 0.1) is 6.20 Å². The van der Waals surface area contributed by atoms with Crippen molar-refractivity contribution in [2.24, 2.45) is 0 Å². The van der Waals surface area contributed by atoms with Crippen LogP contribution in [0.3, 0.4) is 0 Å². The molecule has 0 aliphatic rings. The summed E-state index contributed by atoms with van der Waals surface area (Å²) in [5.41, 5.74) is 5.91. The Bertz CT molecular complexity index is 823. The van der Waals surface area contributed by atoms with Crippen molar-refractivity contribution in [3.8, 4) is 0 Å². The molecule has 25 heavy (non-hydrogen) atoms. The average Bonchev–Trinajstić information content (AvgIpc) is 2.59. The van der Waals surface area contributed by atoms with Crippen LogP contribution in [-0.2, 0) is 6.42 Å². The molecular formula is C20H23N5. The van der Waals surface area contributed by atoms with E-state index in [1.807, 2.05) is 6.07 Å². The van der Waals surface area contributed by atoms with Gasteiger partial charge < -0.3 is 10.6 Å². The molecule has 0 fully saturated rings. The summed E-state index contributed by atoms with van der Waals surface area (Å²) in [6.45, 7) is 7.05. The lowest BCUT2D eigenvalue weighted by Gasteiger charge is -2.13. The summed E-state index contributed by atoms with van der Waals surface area (Å²) in [5, 5.41) is 14.7. The number of anilines is 3. The quantitative estimate of drug-likeness (QED) is 0.708. The van der Waals surface area contributed by atoms with Gasteiger partial charge >= 0.3 is 0 Å². The highest BCUT2D eigenvalue weighted by atomic mass is 15.3. The normalized spacial score (nSPS) is 10.5. The maximum Gasteiger partial charge on any atom is 0.249 e. The summed E-state index contributed by atoms with van der Waals surface area (Å²) < 4.78 is 0. The third-order valence-electron chi connectivity index (χ3n) is 4.04. The van der Waals surface area contributed by atoms with Crippen molar-refractivity contribution < 1.29 is 0 Å². The molecule has 0 radical (unpaired) electrons. The van der Waals surface area contributed by atoms with E-state index < -0.39 is 0 Å². The van der Waals surface area contributed by atoms with Crippen LogP contribution in [0.2, 0.25) is 0 Å². The van der Waals surface area contributed by atoms with E-state index in [2.05, 4.69) is 83.0 Å². The first-order valence-electron chi connectivity index (χ1n) is 8.44. The van der Waals surface area contributed by atoms with Crippen molar-refractivity contribution in [3.05, 3.63) is 70.9 Å². The molecule has 0 amide bonds. The van der Waals surface area contributed by atoms with Crippen LogP contribution in [0, 0.1) is 20.8 Å². The van der Waals surface area contributed by atoms with Crippen LogP contribution in [0.25, 0.3) is 0 Å². The molecule has 0 saturated carbocycles. The molecule has 2 aromatic carbocycles.